The van der Waals surface area contributed by atoms with E-state index in [1.807, 2.05) is 0 Å². The first-order chi connectivity index (χ1) is 9.69. The van der Waals surface area contributed by atoms with Crippen molar-refractivity contribution in [2.75, 3.05) is 6.61 Å². The van der Waals surface area contributed by atoms with Gasteiger partial charge in [0, 0.05) is 12.5 Å². The summed E-state index contributed by atoms with van der Waals surface area (Å²) in [6, 6.07) is 9.05. The molecule has 0 spiro atoms. The molecule has 4 nitrogen and oxygen atoms in total. The highest BCUT2D eigenvalue weighted by Crippen LogP contribution is 2.17. The number of ether oxygens (including phenoxy) is 2. The number of nitrogens with zero attached hydrogens (tertiary/aromatic N) is 1. The summed E-state index contributed by atoms with van der Waals surface area (Å²) in [5.41, 5.74) is 0.601. The van der Waals surface area contributed by atoms with Gasteiger partial charge in [-0.25, -0.2) is 4.79 Å². The Morgan fingerprint density at radius 3 is 2.65 bits per heavy atom. The molecule has 1 aromatic rings. The Morgan fingerprint density at radius 1 is 1.40 bits per heavy atom. The molecule has 0 bridgehead atoms. The van der Waals surface area contributed by atoms with Crippen molar-refractivity contribution in [3.05, 3.63) is 42.5 Å². The molecule has 0 fully saturated rings. The van der Waals surface area contributed by atoms with Crippen LogP contribution >= 0.6 is 0 Å². The fourth-order valence-corrected chi connectivity index (χ4v) is 1.73. The van der Waals surface area contributed by atoms with E-state index in [1.165, 1.54) is 0 Å². The van der Waals surface area contributed by atoms with Gasteiger partial charge in [-0.1, -0.05) is 19.9 Å². The molecule has 1 aromatic carbocycles. The molecule has 4 heteroatoms. The first-order valence-electron chi connectivity index (χ1n) is 6.65. The summed E-state index contributed by atoms with van der Waals surface area (Å²) in [6.07, 6.45) is 3.64. The molecule has 1 unspecified atom stereocenters. The van der Waals surface area contributed by atoms with Gasteiger partial charge in [0.05, 0.1) is 18.2 Å². The number of carbonyl (C=O) groups excluding carboxylic acids is 1. The molecule has 0 N–H and O–H groups in total. The van der Waals surface area contributed by atoms with Crippen molar-refractivity contribution < 1.29 is 14.3 Å². The second-order valence-corrected chi connectivity index (χ2v) is 4.33. The molecule has 0 amide bonds. The second-order valence-electron chi connectivity index (χ2n) is 4.33. The van der Waals surface area contributed by atoms with Crippen molar-refractivity contribution in [1.29, 1.82) is 5.26 Å². The average molecular weight is 273 g/mol. The van der Waals surface area contributed by atoms with Gasteiger partial charge in [0.2, 0.25) is 0 Å². The smallest absolute Gasteiger partial charge is 0.330 e. The van der Waals surface area contributed by atoms with Gasteiger partial charge in [0.25, 0.3) is 0 Å². The lowest BCUT2D eigenvalue weighted by molar-refractivity contribution is -0.138. The van der Waals surface area contributed by atoms with E-state index in [9.17, 15) is 4.79 Å². The normalized spacial score (nSPS) is 11.2. The van der Waals surface area contributed by atoms with Crippen LogP contribution in [0, 0.1) is 11.3 Å². The third-order valence-corrected chi connectivity index (χ3v) is 2.75. The Morgan fingerprint density at radius 2 is 2.10 bits per heavy atom. The van der Waals surface area contributed by atoms with Crippen molar-refractivity contribution in [2.24, 2.45) is 0 Å². The molecule has 0 aliphatic carbocycles. The topological polar surface area (TPSA) is 59.3 Å². The van der Waals surface area contributed by atoms with Crippen LogP contribution in [0.5, 0.6) is 5.75 Å². The molecule has 0 heterocycles. The van der Waals surface area contributed by atoms with Gasteiger partial charge in [-0.05, 0) is 30.7 Å². The van der Waals surface area contributed by atoms with E-state index >= 15 is 0 Å². The molecular formula is C16H19NO3. The molecular weight excluding hydrogens is 254 g/mol. The number of esters is 1. The summed E-state index contributed by atoms with van der Waals surface area (Å²) < 4.78 is 10.8. The molecule has 0 aliphatic heterocycles. The van der Waals surface area contributed by atoms with Gasteiger partial charge in [-0.15, -0.1) is 0 Å². The van der Waals surface area contributed by atoms with E-state index in [-0.39, 0.29) is 6.10 Å². The van der Waals surface area contributed by atoms with Gasteiger partial charge >= 0.3 is 5.97 Å². The summed E-state index contributed by atoms with van der Waals surface area (Å²) in [7, 11) is 0. The fraction of sp³-hybridized carbons (Fsp3) is 0.375. The number of benzene rings is 1. The van der Waals surface area contributed by atoms with E-state index < -0.39 is 5.97 Å². The highest BCUT2D eigenvalue weighted by molar-refractivity contribution is 5.81. The zero-order valence-corrected chi connectivity index (χ0v) is 11.7. The zero-order chi connectivity index (χ0) is 14.8. The van der Waals surface area contributed by atoms with Crippen LogP contribution in [0.4, 0.5) is 0 Å². The summed E-state index contributed by atoms with van der Waals surface area (Å²) in [6.45, 7) is 5.73. The number of carbonyl (C=O) groups is 1. The average Bonchev–Trinajstić information content (AvgIpc) is 2.48. The molecule has 0 saturated heterocycles. The minimum Gasteiger partial charge on any atom is -0.490 e. The molecule has 106 valence electrons. The fourth-order valence-electron chi connectivity index (χ4n) is 1.73. The molecule has 1 rings (SSSR count). The van der Waals surface area contributed by atoms with Gasteiger partial charge in [0.1, 0.15) is 11.9 Å². The number of rotatable bonds is 8. The minimum atomic E-state index is -0.418. The number of hydrogen-bond donors (Lipinski definition) is 0. The predicted octanol–water partition coefficient (Wildman–Crippen LogP) is 3.23. The molecule has 0 aromatic heterocycles. The van der Waals surface area contributed by atoms with E-state index in [0.717, 1.165) is 24.7 Å². The Labute approximate surface area is 119 Å². The lowest BCUT2D eigenvalue weighted by atomic mass is 10.1. The van der Waals surface area contributed by atoms with Crippen LogP contribution in [0.1, 0.15) is 31.7 Å². The number of nitriles is 1. The van der Waals surface area contributed by atoms with Crippen molar-refractivity contribution >= 4 is 5.97 Å². The Hall–Kier alpha value is -2.28. The lowest BCUT2D eigenvalue weighted by Crippen LogP contribution is -2.19. The SMILES string of the molecule is C=CC(=O)OCCC(CCC)Oc1ccc(C#N)cc1. The third kappa shape index (κ3) is 5.57. The summed E-state index contributed by atoms with van der Waals surface area (Å²) in [5.74, 6) is 0.302. The highest BCUT2D eigenvalue weighted by Gasteiger charge is 2.10. The van der Waals surface area contributed by atoms with Crippen LogP contribution in [0.15, 0.2) is 36.9 Å². The maximum Gasteiger partial charge on any atom is 0.330 e. The van der Waals surface area contributed by atoms with Crippen molar-refractivity contribution in [3.63, 3.8) is 0 Å². The van der Waals surface area contributed by atoms with Crippen LogP contribution in [-0.4, -0.2) is 18.7 Å². The molecule has 20 heavy (non-hydrogen) atoms. The maximum atomic E-state index is 11.0. The first-order valence-corrected chi connectivity index (χ1v) is 6.65. The van der Waals surface area contributed by atoms with Crippen LogP contribution in [0.2, 0.25) is 0 Å². The zero-order valence-electron chi connectivity index (χ0n) is 11.7. The summed E-state index contributed by atoms with van der Waals surface area (Å²) in [4.78, 5) is 11.0. The minimum absolute atomic E-state index is 0.00875. The Kier molecular flexibility index (Phi) is 6.91. The summed E-state index contributed by atoms with van der Waals surface area (Å²) >= 11 is 0. The molecule has 0 radical (unpaired) electrons. The van der Waals surface area contributed by atoms with E-state index in [2.05, 4.69) is 19.6 Å². The highest BCUT2D eigenvalue weighted by atomic mass is 16.5. The van der Waals surface area contributed by atoms with Gasteiger partial charge in [-0.2, -0.15) is 5.26 Å². The van der Waals surface area contributed by atoms with Crippen molar-refractivity contribution in [1.82, 2.24) is 0 Å². The molecule has 0 aliphatic rings. The largest absolute Gasteiger partial charge is 0.490 e. The summed E-state index contributed by atoms with van der Waals surface area (Å²) in [5, 5.41) is 8.74. The Balaban J connectivity index is 2.50. The second kappa shape index (κ2) is 8.76. The monoisotopic (exact) mass is 273 g/mol. The maximum absolute atomic E-state index is 11.0. The van der Waals surface area contributed by atoms with Gasteiger partial charge in [-0.3, -0.25) is 0 Å². The van der Waals surface area contributed by atoms with E-state index in [0.29, 0.717) is 18.6 Å². The Bertz CT molecular complexity index is 473. The lowest BCUT2D eigenvalue weighted by Gasteiger charge is -2.18. The number of hydrogen-bond acceptors (Lipinski definition) is 4. The molecule has 1 atom stereocenters. The van der Waals surface area contributed by atoms with Gasteiger partial charge < -0.3 is 9.47 Å². The van der Waals surface area contributed by atoms with Gasteiger partial charge in [0.15, 0.2) is 0 Å². The van der Waals surface area contributed by atoms with Crippen molar-refractivity contribution in [2.45, 2.75) is 32.3 Å². The van der Waals surface area contributed by atoms with E-state index in [1.54, 1.807) is 24.3 Å². The van der Waals surface area contributed by atoms with E-state index in [4.69, 9.17) is 14.7 Å². The van der Waals surface area contributed by atoms with Crippen LogP contribution in [0.25, 0.3) is 0 Å². The third-order valence-electron chi connectivity index (χ3n) is 2.75. The molecule has 0 saturated carbocycles. The first kappa shape index (κ1) is 15.8. The standard InChI is InChI=1S/C16H19NO3/c1-3-5-14(10-11-19-16(18)4-2)20-15-8-6-13(12-17)7-9-15/h4,6-9,14H,2-3,5,10-11H2,1H3. The van der Waals surface area contributed by atoms with Crippen molar-refractivity contribution in [3.8, 4) is 11.8 Å². The quantitative estimate of drug-likeness (QED) is 0.539. The van der Waals surface area contributed by atoms with Crippen LogP contribution in [0.3, 0.4) is 0 Å². The van der Waals surface area contributed by atoms with Crippen LogP contribution in [-0.2, 0) is 9.53 Å². The predicted molar refractivity (Wildman–Crippen MR) is 76.3 cm³/mol. The van der Waals surface area contributed by atoms with Crippen LogP contribution < -0.4 is 4.74 Å².